The van der Waals surface area contributed by atoms with Crippen LogP contribution in [0.1, 0.15) is 12.0 Å². The summed E-state index contributed by atoms with van der Waals surface area (Å²) in [4.78, 5) is 0. The van der Waals surface area contributed by atoms with Gasteiger partial charge in [-0.15, -0.1) is 0 Å². The van der Waals surface area contributed by atoms with Crippen molar-refractivity contribution in [2.45, 2.75) is 18.9 Å². The van der Waals surface area contributed by atoms with Crippen LogP contribution in [0.2, 0.25) is 0 Å². The second-order valence-corrected chi connectivity index (χ2v) is 5.85. The van der Waals surface area contributed by atoms with Crippen LogP contribution < -0.4 is 10.1 Å². The zero-order valence-electron chi connectivity index (χ0n) is 13.6. The SMILES string of the molecule is OC(CNCCCc1ccccc1)COc1cccc2[nH]ncc12. The average molecular weight is 325 g/mol. The fraction of sp³-hybridized carbons (Fsp3) is 0.316. The Morgan fingerprint density at radius 3 is 2.88 bits per heavy atom. The number of aliphatic hydroxyl groups is 1. The van der Waals surface area contributed by atoms with Gasteiger partial charge in [0.1, 0.15) is 18.5 Å². The zero-order chi connectivity index (χ0) is 16.6. The Balaban J connectivity index is 1.34. The third kappa shape index (κ3) is 4.57. The molecule has 3 aromatic rings. The maximum absolute atomic E-state index is 10.0. The first-order chi connectivity index (χ1) is 11.8. The van der Waals surface area contributed by atoms with Crippen molar-refractivity contribution in [3.8, 4) is 5.75 Å². The average Bonchev–Trinajstić information content (AvgIpc) is 3.10. The number of nitrogens with one attached hydrogen (secondary N) is 2. The number of aromatic amines is 1. The van der Waals surface area contributed by atoms with E-state index in [1.165, 1.54) is 5.56 Å². The summed E-state index contributed by atoms with van der Waals surface area (Å²) >= 11 is 0. The molecule has 0 aliphatic carbocycles. The van der Waals surface area contributed by atoms with E-state index in [2.05, 4.69) is 39.8 Å². The Hall–Kier alpha value is -2.37. The van der Waals surface area contributed by atoms with Crippen molar-refractivity contribution < 1.29 is 9.84 Å². The molecule has 2 aromatic carbocycles. The van der Waals surface area contributed by atoms with E-state index in [9.17, 15) is 5.11 Å². The zero-order valence-corrected chi connectivity index (χ0v) is 13.6. The van der Waals surface area contributed by atoms with Crippen LogP contribution in [-0.2, 0) is 6.42 Å². The molecule has 1 atom stereocenters. The summed E-state index contributed by atoms with van der Waals surface area (Å²) in [5, 5.41) is 21.2. The summed E-state index contributed by atoms with van der Waals surface area (Å²) in [6, 6.07) is 16.2. The first-order valence-electron chi connectivity index (χ1n) is 8.30. The van der Waals surface area contributed by atoms with Gasteiger partial charge in [0, 0.05) is 6.54 Å². The number of nitrogens with zero attached hydrogens (tertiary/aromatic N) is 1. The van der Waals surface area contributed by atoms with Gasteiger partial charge in [-0.3, -0.25) is 5.10 Å². The summed E-state index contributed by atoms with van der Waals surface area (Å²) in [7, 11) is 0. The number of fused-ring (bicyclic) bond motifs is 1. The highest BCUT2D eigenvalue weighted by molar-refractivity contribution is 5.84. The molecule has 0 fully saturated rings. The van der Waals surface area contributed by atoms with E-state index in [1.807, 2.05) is 24.3 Å². The van der Waals surface area contributed by atoms with Gasteiger partial charge in [0.25, 0.3) is 0 Å². The highest BCUT2D eigenvalue weighted by Gasteiger charge is 2.08. The Morgan fingerprint density at radius 2 is 2.00 bits per heavy atom. The van der Waals surface area contributed by atoms with Gasteiger partial charge in [-0.05, 0) is 37.1 Å². The number of ether oxygens (including phenoxy) is 1. The summed E-state index contributed by atoms with van der Waals surface area (Å²) in [5.41, 5.74) is 2.28. The van der Waals surface area contributed by atoms with Crippen LogP contribution >= 0.6 is 0 Å². The number of aromatic nitrogens is 2. The standard InChI is InChI=1S/C19H23N3O2/c23-16(12-20-11-5-8-15-6-2-1-3-7-15)14-24-19-10-4-9-18-17(19)13-21-22-18/h1-4,6-7,9-10,13,16,20,23H,5,8,11-12,14H2,(H,21,22). The topological polar surface area (TPSA) is 70.2 Å². The number of rotatable bonds is 9. The molecule has 0 saturated carbocycles. The Bertz CT molecular complexity index is 742. The fourth-order valence-corrected chi connectivity index (χ4v) is 2.64. The van der Waals surface area contributed by atoms with E-state index in [4.69, 9.17) is 4.74 Å². The van der Waals surface area contributed by atoms with Crippen molar-refractivity contribution in [3.05, 3.63) is 60.3 Å². The second-order valence-electron chi connectivity index (χ2n) is 5.85. The highest BCUT2D eigenvalue weighted by atomic mass is 16.5. The van der Waals surface area contributed by atoms with Crippen LogP contribution in [0.3, 0.4) is 0 Å². The molecule has 1 aromatic heterocycles. The molecular formula is C19H23N3O2. The van der Waals surface area contributed by atoms with E-state index < -0.39 is 6.10 Å². The summed E-state index contributed by atoms with van der Waals surface area (Å²) in [6.45, 7) is 1.66. The maximum atomic E-state index is 10.0. The van der Waals surface area contributed by atoms with Crippen molar-refractivity contribution in [3.63, 3.8) is 0 Å². The maximum Gasteiger partial charge on any atom is 0.130 e. The predicted octanol–water partition coefficient (Wildman–Crippen LogP) is 2.53. The van der Waals surface area contributed by atoms with E-state index >= 15 is 0 Å². The third-order valence-corrected chi connectivity index (χ3v) is 3.92. The van der Waals surface area contributed by atoms with E-state index in [-0.39, 0.29) is 6.61 Å². The first kappa shape index (κ1) is 16.5. The van der Waals surface area contributed by atoms with Gasteiger partial charge in [0.2, 0.25) is 0 Å². The van der Waals surface area contributed by atoms with E-state index in [1.54, 1.807) is 6.20 Å². The smallest absolute Gasteiger partial charge is 0.130 e. The van der Waals surface area contributed by atoms with Gasteiger partial charge in [-0.25, -0.2) is 0 Å². The van der Waals surface area contributed by atoms with Gasteiger partial charge in [0.05, 0.1) is 17.1 Å². The number of aryl methyl sites for hydroxylation is 1. The predicted molar refractivity (Wildman–Crippen MR) is 95.2 cm³/mol. The van der Waals surface area contributed by atoms with Crippen molar-refractivity contribution >= 4 is 10.9 Å². The quantitative estimate of drug-likeness (QED) is 0.529. The molecule has 0 bridgehead atoms. The Morgan fingerprint density at radius 1 is 1.12 bits per heavy atom. The minimum absolute atomic E-state index is 0.260. The lowest BCUT2D eigenvalue weighted by molar-refractivity contribution is 0.107. The molecular weight excluding hydrogens is 302 g/mol. The third-order valence-electron chi connectivity index (χ3n) is 3.92. The van der Waals surface area contributed by atoms with Crippen LogP contribution in [0, 0.1) is 0 Å². The summed E-state index contributed by atoms with van der Waals surface area (Å²) < 4.78 is 5.72. The number of H-pyrrole nitrogens is 1. The number of benzene rings is 2. The first-order valence-corrected chi connectivity index (χ1v) is 8.30. The molecule has 1 unspecified atom stereocenters. The Kier molecular flexibility index (Phi) is 5.82. The second kappa shape index (κ2) is 8.47. The lowest BCUT2D eigenvalue weighted by atomic mass is 10.1. The van der Waals surface area contributed by atoms with Gasteiger partial charge < -0.3 is 15.2 Å². The van der Waals surface area contributed by atoms with Crippen molar-refractivity contribution in [2.75, 3.05) is 19.7 Å². The number of aliphatic hydroxyl groups excluding tert-OH is 1. The van der Waals surface area contributed by atoms with Crippen LogP contribution in [0.4, 0.5) is 0 Å². The normalized spacial score (nSPS) is 12.4. The van der Waals surface area contributed by atoms with Gasteiger partial charge >= 0.3 is 0 Å². The Labute approximate surface area is 141 Å². The molecule has 5 heteroatoms. The molecule has 0 saturated heterocycles. The molecule has 3 rings (SSSR count). The van der Waals surface area contributed by atoms with Crippen molar-refractivity contribution in [2.24, 2.45) is 0 Å². The monoisotopic (exact) mass is 325 g/mol. The molecule has 0 spiro atoms. The molecule has 1 heterocycles. The molecule has 3 N–H and O–H groups in total. The lowest BCUT2D eigenvalue weighted by Crippen LogP contribution is -2.32. The van der Waals surface area contributed by atoms with Crippen LogP contribution in [-0.4, -0.2) is 41.1 Å². The van der Waals surface area contributed by atoms with Crippen LogP contribution in [0.15, 0.2) is 54.7 Å². The number of hydrogen-bond donors (Lipinski definition) is 3. The van der Waals surface area contributed by atoms with Crippen molar-refractivity contribution in [1.29, 1.82) is 0 Å². The van der Waals surface area contributed by atoms with E-state index in [0.717, 1.165) is 36.0 Å². The van der Waals surface area contributed by atoms with Crippen LogP contribution in [0.25, 0.3) is 10.9 Å². The lowest BCUT2D eigenvalue weighted by Gasteiger charge is -2.13. The molecule has 126 valence electrons. The molecule has 0 aliphatic rings. The largest absolute Gasteiger partial charge is 0.490 e. The molecule has 5 nitrogen and oxygen atoms in total. The fourth-order valence-electron chi connectivity index (χ4n) is 2.64. The molecule has 0 radical (unpaired) electrons. The minimum Gasteiger partial charge on any atom is -0.490 e. The molecule has 0 amide bonds. The molecule has 24 heavy (non-hydrogen) atoms. The van der Waals surface area contributed by atoms with E-state index in [0.29, 0.717) is 6.54 Å². The van der Waals surface area contributed by atoms with Crippen LogP contribution in [0.5, 0.6) is 5.75 Å². The van der Waals surface area contributed by atoms with Gasteiger partial charge in [-0.2, -0.15) is 5.10 Å². The number of hydrogen-bond acceptors (Lipinski definition) is 4. The van der Waals surface area contributed by atoms with Gasteiger partial charge in [0.15, 0.2) is 0 Å². The molecule has 0 aliphatic heterocycles. The summed E-state index contributed by atoms with van der Waals surface area (Å²) in [6.07, 6.45) is 3.29. The highest BCUT2D eigenvalue weighted by Crippen LogP contribution is 2.23. The minimum atomic E-state index is -0.538. The van der Waals surface area contributed by atoms with Crippen molar-refractivity contribution in [1.82, 2.24) is 15.5 Å². The van der Waals surface area contributed by atoms with Gasteiger partial charge in [-0.1, -0.05) is 36.4 Å². The summed E-state index contributed by atoms with van der Waals surface area (Å²) in [5.74, 6) is 0.740.